The SMILES string of the molecule is OB(O)c1ccc2cccnc2c1Cl. The first-order valence-corrected chi connectivity index (χ1v) is 4.47. The van der Waals surface area contributed by atoms with Crippen LogP contribution in [0.1, 0.15) is 0 Å². The summed E-state index contributed by atoms with van der Waals surface area (Å²) < 4.78 is 0. The van der Waals surface area contributed by atoms with Crippen LogP contribution in [-0.4, -0.2) is 22.2 Å². The van der Waals surface area contributed by atoms with Gasteiger partial charge in [0.25, 0.3) is 0 Å². The Bertz CT molecular complexity index is 475. The van der Waals surface area contributed by atoms with Crippen molar-refractivity contribution in [2.24, 2.45) is 0 Å². The topological polar surface area (TPSA) is 53.4 Å². The van der Waals surface area contributed by atoms with Gasteiger partial charge in [-0.3, -0.25) is 4.98 Å². The summed E-state index contributed by atoms with van der Waals surface area (Å²) in [4.78, 5) is 4.07. The van der Waals surface area contributed by atoms with Crippen LogP contribution in [0.25, 0.3) is 10.9 Å². The van der Waals surface area contributed by atoms with E-state index in [0.717, 1.165) is 5.39 Å². The maximum absolute atomic E-state index is 9.01. The molecule has 1 heterocycles. The molecule has 0 saturated carbocycles. The predicted molar refractivity (Wildman–Crippen MR) is 56.6 cm³/mol. The Morgan fingerprint density at radius 1 is 1.21 bits per heavy atom. The van der Waals surface area contributed by atoms with Crippen molar-refractivity contribution in [3.05, 3.63) is 35.5 Å². The smallest absolute Gasteiger partial charge is 0.423 e. The minimum absolute atomic E-state index is 0.276. The summed E-state index contributed by atoms with van der Waals surface area (Å²) in [6.07, 6.45) is 1.61. The lowest BCUT2D eigenvalue weighted by molar-refractivity contribution is 0.426. The van der Waals surface area contributed by atoms with E-state index < -0.39 is 7.12 Å². The van der Waals surface area contributed by atoms with Gasteiger partial charge in [0, 0.05) is 17.0 Å². The molecule has 1 aromatic carbocycles. The number of halogens is 1. The maximum Gasteiger partial charge on any atom is 0.490 e. The zero-order valence-electron chi connectivity index (χ0n) is 7.18. The van der Waals surface area contributed by atoms with Crippen molar-refractivity contribution < 1.29 is 10.0 Å². The summed E-state index contributed by atoms with van der Waals surface area (Å²) in [6, 6.07) is 7.00. The fourth-order valence-electron chi connectivity index (χ4n) is 1.32. The highest BCUT2D eigenvalue weighted by Gasteiger charge is 2.16. The fourth-order valence-corrected chi connectivity index (χ4v) is 1.64. The van der Waals surface area contributed by atoms with E-state index in [4.69, 9.17) is 21.6 Å². The van der Waals surface area contributed by atoms with E-state index in [1.165, 1.54) is 0 Å². The van der Waals surface area contributed by atoms with Crippen molar-refractivity contribution in [2.45, 2.75) is 0 Å². The van der Waals surface area contributed by atoms with Crippen LogP contribution in [-0.2, 0) is 0 Å². The average Bonchev–Trinajstić information content (AvgIpc) is 2.18. The number of benzene rings is 1. The first-order chi connectivity index (χ1) is 6.70. The van der Waals surface area contributed by atoms with Crippen LogP contribution in [0, 0.1) is 0 Å². The van der Waals surface area contributed by atoms with Crippen molar-refractivity contribution in [3.63, 3.8) is 0 Å². The largest absolute Gasteiger partial charge is 0.490 e. The molecule has 0 unspecified atom stereocenters. The molecule has 0 aliphatic heterocycles. The molecule has 0 radical (unpaired) electrons. The highest BCUT2D eigenvalue weighted by molar-refractivity contribution is 6.63. The Morgan fingerprint density at radius 2 is 2.00 bits per heavy atom. The first-order valence-electron chi connectivity index (χ1n) is 4.09. The van der Waals surface area contributed by atoms with E-state index in [-0.39, 0.29) is 10.5 Å². The second kappa shape index (κ2) is 3.57. The molecule has 5 heteroatoms. The molecule has 0 aliphatic rings. The van der Waals surface area contributed by atoms with Crippen LogP contribution in [0.15, 0.2) is 30.5 Å². The Balaban J connectivity index is 2.75. The number of fused-ring (bicyclic) bond motifs is 1. The van der Waals surface area contributed by atoms with Crippen LogP contribution in [0.4, 0.5) is 0 Å². The summed E-state index contributed by atoms with van der Waals surface area (Å²) in [5, 5.41) is 19.2. The van der Waals surface area contributed by atoms with Crippen LogP contribution < -0.4 is 5.46 Å². The molecule has 0 saturated heterocycles. The molecule has 14 heavy (non-hydrogen) atoms. The van der Waals surface area contributed by atoms with E-state index in [1.54, 1.807) is 24.4 Å². The van der Waals surface area contributed by atoms with Crippen LogP contribution in [0.3, 0.4) is 0 Å². The zero-order chi connectivity index (χ0) is 10.1. The molecule has 0 atom stereocenters. The van der Waals surface area contributed by atoms with Crippen LogP contribution in [0.5, 0.6) is 0 Å². The van der Waals surface area contributed by atoms with Gasteiger partial charge in [-0.15, -0.1) is 0 Å². The molecule has 70 valence electrons. The van der Waals surface area contributed by atoms with Gasteiger partial charge in [-0.2, -0.15) is 0 Å². The van der Waals surface area contributed by atoms with E-state index in [2.05, 4.69) is 4.98 Å². The summed E-state index contributed by atoms with van der Waals surface area (Å²) >= 11 is 5.95. The summed E-state index contributed by atoms with van der Waals surface area (Å²) in [5.74, 6) is 0. The monoisotopic (exact) mass is 207 g/mol. The van der Waals surface area contributed by atoms with E-state index in [0.29, 0.717) is 5.52 Å². The van der Waals surface area contributed by atoms with Crippen molar-refractivity contribution in [1.29, 1.82) is 0 Å². The van der Waals surface area contributed by atoms with Gasteiger partial charge in [0.2, 0.25) is 0 Å². The lowest BCUT2D eigenvalue weighted by Crippen LogP contribution is -2.30. The van der Waals surface area contributed by atoms with Gasteiger partial charge < -0.3 is 10.0 Å². The number of hydrogen-bond donors (Lipinski definition) is 2. The Labute approximate surface area is 86.1 Å². The number of nitrogens with zero attached hydrogens (tertiary/aromatic N) is 1. The van der Waals surface area contributed by atoms with Gasteiger partial charge >= 0.3 is 7.12 Å². The van der Waals surface area contributed by atoms with Crippen molar-refractivity contribution in [3.8, 4) is 0 Å². The van der Waals surface area contributed by atoms with Gasteiger partial charge in [0.1, 0.15) is 0 Å². The highest BCUT2D eigenvalue weighted by atomic mass is 35.5. The highest BCUT2D eigenvalue weighted by Crippen LogP contribution is 2.18. The van der Waals surface area contributed by atoms with Crippen molar-refractivity contribution in [2.75, 3.05) is 0 Å². The van der Waals surface area contributed by atoms with Gasteiger partial charge in [0.15, 0.2) is 0 Å². The molecule has 2 rings (SSSR count). The number of aromatic nitrogens is 1. The third-order valence-corrected chi connectivity index (χ3v) is 2.42. The minimum Gasteiger partial charge on any atom is -0.423 e. The molecule has 0 fully saturated rings. The first kappa shape index (κ1) is 9.46. The van der Waals surface area contributed by atoms with Crippen molar-refractivity contribution in [1.82, 2.24) is 4.98 Å². The Kier molecular flexibility index (Phi) is 2.41. The molecule has 2 N–H and O–H groups in total. The van der Waals surface area contributed by atoms with Gasteiger partial charge in [-0.05, 0) is 6.07 Å². The van der Waals surface area contributed by atoms with Gasteiger partial charge in [0.05, 0.1) is 10.5 Å². The molecule has 1 aromatic heterocycles. The average molecular weight is 207 g/mol. The standard InChI is InChI=1S/C9H7BClNO2/c11-8-7(10(13)14)4-3-6-2-1-5-12-9(6)8/h1-5,13-14H. The van der Waals surface area contributed by atoms with Gasteiger partial charge in [-0.25, -0.2) is 0 Å². The normalized spacial score (nSPS) is 10.5. The molecule has 0 amide bonds. The fraction of sp³-hybridized carbons (Fsp3) is 0. The third-order valence-electron chi connectivity index (χ3n) is 2.02. The summed E-state index contributed by atoms with van der Waals surface area (Å²) in [7, 11) is -1.56. The molecular formula is C9H7BClNO2. The zero-order valence-corrected chi connectivity index (χ0v) is 7.94. The lowest BCUT2D eigenvalue weighted by atomic mass is 9.80. The van der Waals surface area contributed by atoms with E-state index in [9.17, 15) is 0 Å². The number of rotatable bonds is 1. The summed E-state index contributed by atoms with van der Waals surface area (Å²) in [5.41, 5.74) is 0.859. The lowest BCUT2D eigenvalue weighted by Gasteiger charge is -2.05. The summed E-state index contributed by atoms with van der Waals surface area (Å²) in [6.45, 7) is 0. The number of hydrogen-bond acceptors (Lipinski definition) is 3. The quantitative estimate of drug-likeness (QED) is 0.672. The molecule has 0 bridgehead atoms. The molecule has 3 nitrogen and oxygen atoms in total. The van der Waals surface area contributed by atoms with E-state index in [1.807, 2.05) is 6.07 Å². The Morgan fingerprint density at radius 3 is 2.71 bits per heavy atom. The second-order valence-corrected chi connectivity index (χ2v) is 3.30. The minimum atomic E-state index is -1.56. The second-order valence-electron chi connectivity index (χ2n) is 2.92. The molecule has 0 aliphatic carbocycles. The van der Waals surface area contributed by atoms with Gasteiger partial charge in [-0.1, -0.05) is 29.8 Å². The van der Waals surface area contributed by atoms with Crippen LogP contribution >= 0.6 is 11.6 Å². The van der Waals surface area contributed by atoms with Crippen LogP contribution in [0.2, 0.25) is 5.02 Å². The predicted octanol–water partition coefficient (Wildman–Crippen LogP) is 0.568. The molecule has 0 spiro atoms. The molecular weight excluding hydrogens is 200 g/mol. The van der Waals surface area contributed by atoms with Crippen molar-refractivity contribution >= 4 is 35.1 Å². The number of pyridine rings is 1. The molecule has 2 aromatic rings. The Hall–Kier alpha value is -1.10. The maximum atomic E-state index is 9.01. The third kappa shape index (κ3) is 1.48. The van der Waals surface area contributed by atoms with E-state index >= 15 is 0 Å².